The molecule has 0 aliphatic heterocycles. The van der Waals surface area contributed by atoms with E-state index in [1.807, 2.05) is 48.5 Å². The number of fused-ring (bicyclic) bond motifs is 6. The first-order valence-electron chi connectivity index (χ1n) is 20.7. The molecule has 62 heavy (non-hydrogen) atoms. The Kier molecular flexibility index (Phi) is 8.42. The molecule has 0 N–H and O–H groups in total. The maximum Gasteiger partial charge on any atom is 0.167 e. The van der Waals surface area contributed by atoms with Crippen molar-refractivity contribution in [3.05, 3.63) is 212 Å². The summed E-state index contributed by atoms with van der Waals surface area (Å²) in [5, 5.41) is 4.16. The summed E-state index contributed by atoms with van der Waals surface area (Å²) in [6, 6.07) is 73.5. The predicted octanol–water partition coefficient (Wildman–Crippen LogP) is 15.3. The van der Waals surface area contributed by atoms with Gasteiger partial charge in [0.25, 0.3) is 0 Å². The Bertz CT molecular complexity index is 3630. The summed E-state index contributed by atoms with van der Waals surface area (Å²) in [7, 11) is 0. The smallest absolute Gasteiger partial charge is 0.167 e. The molecule has 5 heteroatoms. The second-order valence-corrected chi connectivity index (χ2v) is 15.5. The third kappa shape index (κ3) is 6.23. The first-order chi connectivity index (χ1) is 30.7. The highest BCUT2D eigenvalue weighted by Crippen LogP contribution is 2.41. The van der Waals surface area contributed by atoms with Gasteiger partial charge in [0.1, 0.15) is 22.3 Å². The van der Waals surface area contributed by atoms with Crippen LogP contribution in [0.3, 0.4) is 0 Å². The topological polar surface area (TPSA) is 65.0 Å². The lowest BCUT2D eigenvalue weighted by atomic mass is 9.95. The van der Waals surface area contributed by atoms with E-state index in [4.69, 9.17) is 23.8 Å². The molecule has 12 aromatic rings. The Balaban J connectivity index is 0.983. The molecule has 3 heterocycles. The number of para-hydroxylation sites is 2. The maximum atomic E-state index is 6.79. The summed E-state index contributed by atoms with van der Waals surface area (Å²) in [6.45, 7) is 0. The lowest BCUT2D eigenvalue weighted by Gasteiger charge is -2.10. The number of benzene rings is 9. The van der Waals surface area contributed by atoms with Crippen LogP contribution >= 0.6 is 0 Å². The van der Waals surface area contributed by atoms with Crippen molar-refractivity contribution in [3.63, 3.8) is 0 Å². The van der Waals surface area contributed by atoms with Gasteiger partial charge in [-0.3, -0.25) is 0 Å². The van der Waals surface area contributed by atoms with Gasteiger partial charge in [-0.25, -0.2) is 15.0 Å². The van der Waals surface area contributed by atoms with Crippen molar-refractivity contribution in [2.75, 3.05) is 0 Å². The van der Waals surface area contributed by atoms with Crippen molar-refractivity contribution >= 4 is 43.9 Å². The maximum absolute atomic E-state index is 6.79. The largest absolute Gasteiger partial charge is 0.456 e. The molecule has 0 amide bonds. The minimum atomic E-state index is 0.521. The van der Waals surface area contributed by atoms with Crippen LogP contribution in [0.4, 0.5) is 0 Å². The van der Waals surface area contributed by atoms with Gasteiger partial charge in [0.05, 0.1) is 5.56 Å². The fourth-order valence-corrected chi connectivity index (χ4v) is 8.70. The zero-order valence-corrected chi connectivity index (χ0v) is 33.4. The molecule has 0 unspecified atom stereocenters. The standard InChI is InChI=1S/C57H35N3O2/c1-3-13-36(14-4-1)40-17-9-18-41(33-40)38-27-29-39(30-28-38)45-22-12-26-51-53(45)48-23-11-24-49(54(48)62-51)57-59-55(43-20-10-19-42(34-43)37-15-5-2-6-16-37)58-56(60-57)44-31-32-47-46-21-7-8-25-50(46)61-52(47)35-44/h1-35H. The van der Waals surface area contributed by atoms with Gasteiger partial charge in [-0.05, 0) is 87.0 Å². The van der Waals surface area contributed by atoms with E-state index < -0.39 is 0 Å². The highest BCUT2D eigenvalue weighted by atomic mass is 16.3. The highest BCUT2D eigenvalue weighted by Gasteiger charge is 2.20. The van der Waals surface area contributed by atoms with Crippen molar-refractivity contribution in [1.82, 2.24) is 15.0 Å². The minimum Gasteiger partial charge on any atom is -0.456 e. The van der Waals surface area contributed by atoms with Gasteiger partial charge in [0.2, 0.25) is 0 Å². The molecule has 0 aliphatic carbocycles. The van der Waals surface area contributed by atoms with Crippen molar-refractivity contribution in [2.45, 2.75) is 0 Å². The molecule has 12 rings (SSSR count). The average Bonchev–Trinajstić information content (AvgIpc) is 3.93. The first-order valence-corrected chi connectivity index (χ1v) is 20.7. The van der Waals surface area contributed by atoms with Gasteiger partial charge in [-0.2, -0.15) is 0 Å². The fraction of sp³-hybridized carbons (Fsp3) is 0. The number of rotatable bonds is 7. The summed E-state index contributed by atoms with van der Waals surface area (Å²) in [4.78, 5) is 15.5. The SMILES string of the molecule is c1ccc(-c2cccc(-c3ccc(-c4cccc5oc6c(-c7nc(-c8cccc(-c9ccccc9)c8)nc(-c8ccc9c(c8)oc8ccccc89)n7)cccc6c45)cc3)c2)cc1. The van der Waals surface area contributed by atoms with Gasteiger partial charge in [0.15, 0.2) is 17.5 Å². The number of hydrogen-bond acceptors (Lipinski definition) is 5. The lowest BCUT2D eigenvalue weighted by molar-refractivity contribution is 0.668. The molecule has 9 aromatic carbocycles. The van der Waals surface area contributed by atoms with Crippen LogP contribution in [0.5, 0.6) is 0 Å². The lowest BCUT2D eigenvalue weighted by Crippen LogP contribution is -2.00. The number of furan rings is 2. The zero-order chi connectivity index (χ0) is 41.0. The quantitative estimate of drug-likeness (QED) is 0.161. The molecule has 0 spiro atoms. The van der Waals surface area contributed by atoms with Gasteiger partial charge in [-0.15, -0.1) is 0 Å². The molecular formula is C57H35N3O2. The average molecular weight is 794 g/mol. The van der Waals surface area contributed by atoms with Crippen LogP contribution in [0.1, 0.15) is 0 Å². The van der Waals surface area contributed by atoms with E-state index in [1.165, 1.54) is 16.7 Å². The van der Waals surface area contributed by atoms with Crippen molar-refractivity contribution in [1.29, 1.82) is 0 Å². The van der Waals surface area contributed by atoms with Gasteiger partial charge >= 0.3 is 0 Å². The fourth-order valence-electron chi connectivity index (χ4n) is 8.70. The molecule has 5 nitrogen and oxygen atoms in total. The molecule has 0 bridgehead atoms. The van der Waals surface area contributed by atoms with Crippen LogP contribution in [0.15, 0.2) is 221 Å². The molecule has 0 fully saturated rings. The molecule has 0 saturated carbocycles. The normalized spacial score (nSPS) is 11.5. The molecule has 0 atom stereocenters. The Labute approximate surface area is 357 Å². The van der Waals surface area contributed by atoms with Crippen LogP contribution in [-0.2, 0) is 0 Å². The Morgan fingerprint density at radius 1 is 0.258 bits per heavy atom. The Morgan fingerprint density at radius 3 is 1.45 bits per heavy atom. The predicted molar refractivity (Wildman–Crippen MR) is 252 cm³/mol. The highest BCUT2D eigenvalue weighted by molar-refractivity contribution is 6.15. The first kappa shape index (κ1) is 35.5. The van der Waals surface area contributed by atoms with Crippen LogP contribution < -0.4 is 0 Å². The van der Waals surface area contributed by atoms with Crippen LogP contribution in [0.2, 0.25) is 0 Å². The third-order valence-corrected chi connectivity index (χ3v) is 11.8. The zero-order valence-electron chi connectivity index (χ0n) is 33.4. The van der Waals surface area contributed by atoms with E-state index in [1.54, 1.807) is 0 Å². The molecule has 0 saturated heterocycles. The summed E-state index contributed by atoms with van der Waals surface area (Å²) in [5.41, 5.74) is 14.8. The number of hydrogen-bond donors (Lipinski definition) is 0. The molecule has 0 radical (unpaired) electrons. The van der Waals surface area contributed by atoms with E-state index >= 15 is 0 Å². The monoisotopic (exact) mass is 793 g/mol. The minimum absolute atomic E-state index is 0.521. The summed E-state index contributed by atoms with van der Waals surface area (Å²) >= 11 is 0. The second kappa shape index (κ2) is 14.7. The van der Waals surface area contributed by atoms with Crippen molar-refractivity contribution in [3.8, 4) is 78.7 Å². The molecule has 290 valence electrons. The van der Waals surface area contributed by atoms with Gasteiger partial charge in [0, 0.05) is 32.7 Å². The Morgan fingerprint density at radius 2 is 0.726 bits per heavy atom. The van der Waals surface area contributed by atoms with Crippen LogP contribution in [-0.4, -0.2) is 15.0 Å². The molecular weight excluding hydrogens is 759 g/mol. The summed E-state index contributed by atoms with van der Waals surface area (Å²) in [5.74, 6) is 1.63. The Hall–Kier alpha value is -8.41. The van der Waals surface area contributed by atoms with Gasteiger partial charge in [-0.1, -0.05) is 170 Å². The van der Waals surface area contributed by atoms with Crippen LogP contribution in [0.25, 0.3) is 123 Å². The van der Waals surface area contributed by atoms with Crippen LogP contribution in [0, 0.1) is 0 Å². The second-order valence-electron chi connectivity index (χ2n) is 15.5. The van der Waals surface area contributed by atoms with E-state index in [-0.39, 0.29) is 0 Å². The number of nitrogens with zero attached hydrogens (tertiary/aromatic N) is 3. The van der Waals surface area contributed by atoms with E-state index in [2.05, 4.69) is 164 Å². The third-order valence-electron chi connectivity index (χ3n) is 11.8. The van der Waals surface area contributed by atoms with E-state index in [0.29, 0.717) is 17.5 Å². The molecule has 3 aromatic heterocycles. The van der Waals surface area contributed by atoms with E-state index in [9.17, 15) is 0 Å². The summed E-state index contributed by atoms with van der Waals surface area (Å²) < 4.78 is 13.1. The van der Waals surface area contributed by atoms with Gasteiger partial charge < -0.3 is 8.83 Å². The molecule has 0 aliphatic rings. The van der Waals surface area contributed by atoms with Crippen molar-refractivity contribution in [2.24, 2.45) is 0 Å². The van der Waals surface area contributed by atoms with Crippen molar-refractivity contribution < 1.29 is 8.83 Å². The van der Waals surface area contributed by atoms with E-state index in [0.717, 1.165) is 88.4 Å². The number of aromatic nitrogens is 3. The summed E-state index contributed by atoms with van der Waals surface area (Å²) in [6.07, 6.45) is 0.